The van der Waals surface area contributed by atoms with Crippen LogP contribution in [0, 0.1) is 17.6 Å². The van der Waals surface area contributed by atoms with Crippen molar-refractivity contribution < 1.29 is 50.7 Å². The van der Waals surface area contributed by atoms with Gasteiger partial charge in [-0.1, -0.05) is 98.8 Å². The molecule has 0 unspecified atom stereocenters. The van der Waals surface area contributed by atoms with Crippen LogP contribution in [0.3, 0.4) is 0 Å². The number of amides is 6. The van der Waals surface area contributed by atoms with Gasteiger partial charge in [0.15, 0.2) is 0 Å². The smallest absolute Gasteiger partial charge is 0.267 e. The van der Waals surface area contributed by atoms with E-state index in [2.05, 4.69) is 16.3 Å². The third-order valence-corrected chi connectivity index (χ3v) is 9.95. The molecule has 3 N–H and O–H groups in total. The predicted octanol–water partition coefficient (Wildman–Crippen LogP) is 11.0. The van der Waals surface area contributed by atoms with E-state index in [1.165, 1.54) is 17.1 Å². The molecule has 17 heteroatoms. The molecular weight excluding hydrogens is 936 g/mol. The lowest BCUT2D eigenvalue weighted by Crippen LogP contribution is -2.56. The number of benzene rings is 6. The Hall–Kier alpha value is -8.21. The SMILES string of the molecule is CC(C)(C)N(NC(=O)c1ccccc1)C(=O)c1cc(F)ccc1F.CC(C)(C)N(NC(=O)c1ccccc1)C(=O)c1ccccc1C(F)(F)F.CC(C)CN(NC(=O)c1ccccc1)C(=O)c1ccccc1. The summed E-state index contributed by atoms with van der Waals surface area (Å²) in [7, 11) is 0. The molecule has 0 atom stereocenters. The maximum absolute atomic E-state index is 13.9. The Balaban J connectivity index is 0.000000235. The van der Waals surface area contributed by atoms with Crippen LogP contribution in [0.15, 0.2) is 164 Å². The van der Waals surface area contributed by atoms with Crippen molar-refractivity contribution >= 4 is 35.4 Å². The molecule has 0 aliphatic carbocycles. The summed E-state index contributed by atoms with van der Waals surface area (Å²) in [5.41, 5.74) is 5.51. The molecule has 0 radical (unpaired) electrons. The minimum absolute atomic E-state index is 0.210. The number of carbonyl (C=O) groups is 6. The zero-order valence-electron chi connectivity index (χ0n) is 41.1. The normalized spacial score (nSPS) is 11.1. The lowest BCUT2D eigenvalue weighted by atomic mass is 10.0. The van der Waals surface area contributed by atoms with Crippen LogP contribution in [0.5, 0.6) is 0 Å². The molecular formula is C55H57F5N6O6. The Morgan fingerprint density at radius 3 is 1.21 bits per heavy atom. The first-order valence-electron chi connectivity index (χ1n) is 22.5. The molecule has 0 fully saturated rings. The van der Waals surface area contributed by atoms with Gasteiger partial charge < -0.3 is 0 Å². The third kappa shape index (κ3) is 16.5. The fourth-order valence-corrected chi connectivity index (χ4v) is 6.43. The molecule has 0 aliphatic heterocycles. The van der Waals surface area contributed by atoms with Crippen LogP contribution in [0.1, 0.15) is 123 Å². The summed E-state index contributed by atoms with van der Waals surface area (Å²) >= 11 is 0. The van der Waals surface area contributed by atoms with Gasteiger partial charge in [-0.05, 0) is 126 Å². The minimum atomic E-state index is -4.68. The van der Waals surface area contributed by atoms with Crippen molar-refractivity contribution in [3.63, 3.8) is 0 Å². The number of nitrogens with zero attached hydrogens (tertiary/aromatic N) is 3. The van der Waals surface area contributed by atoms with E-state index in [-0.39, 0.29) is 17.7 Å². The number of halogens is 5. The molecule has 0 bridgehead atoms. The summed E-state index contributed by atoms with van der Waals surface area (Å²) in [5, 5.41) is 3.31. The standard InChI is InChI=1S/C19H19F3N2O2.C18H18F2N2O2.C18H20N2O2/c1-18(2,3)24(23-16(25)13-9-5-4-6-10-13)17(26)14-11-7-8-12-15(14)19(20,21)22;1-18(2,3)22(21-16(23)12-7-5-4-6-8-12)17(24)14-11-13(19)9-10-15(14)20;1-14(2)13-20(18(22)16-11-7-4-8-12-16)19-17(21)15-9-5-3-6-10-15/h4-12H,1-3H3,(H,23,25);4-11H,1-3H3,(H,21,23);3-12,14H,13H2,1-2H3,(H,19,21). The van der Waals surface area contributed by atoms with Crippen LogP contribution in [0.4, 0.5) is 22.0 Å². The number of hydrogen-bond acceptors (Lipinski definition) is 6. The van der Waals surface area contributed by atoms with Gasteiger partial charge in [0.1, 0.15) is 11.6 Å². The van der Waals surface area contributed by atoms with Gasteiger partial charge in [0.2, 0.25) is 0 Å². The van der Waals surface area contributed by atoms with E-state index in [0.717, 1.165) is 40.3 Å². The first-order valence-corrected chi connectivity index (χ1v) is 22.5. The van der Waals surface area contributed by atoms with Crippen molar-refractivity contribution in [3.05, 3.63) is 214 Å². The summed E-state index contributed by atoms with van der Waals surface area (Å²) in [6, 6.07) is 41.3. The number of hydrogen-bond donors (Lipinski definition) is 3. The van der Waals surface area contributed by atoms with Gasteiger partial charge in [-0.15, -0.1) is 0 Å². The Morgan fingerprint density at radius 2 is 0.819 bits per heavy atom. The Bertz CT molecular complexity index is 2780. The zero-order valence-corrected chi connectivity index (χ0v) is 41.1. The van der Waals surface area contributed by atoms with Gasteiger partial charge in [-0.3, -0.25) is 45.0 Å². The Morgan fingerprint density at radius 1 is 0.458 bits per heavy atom. The van der Waals surface area contributed by atoms with Crippen LogP contribution < -0.4 is 16.3 Å². The summed E-state index contributed by atoms with van der Waals surface area (Å²) < 4.78 is 67.0. The van der Waals surface area contributed by atoms with Crippen LogP contribution >= 0.6 is 0 Å². The number of hydrazine groups is 3. The van der Waals surface area contributed by atoms with Crippen molar-refractivity contribution in [3.8, 4) is 0 Å². The van der Waals surface area contributed by atoms with Crippen LogP contribution in [0.25, 0.3) is 0 Å². The van der Waals surface area contributed by atoms with Gasteiger partial charge >= 0.3 is 6.18 Å². The summed E-state index contributed by atoms with van der Waals surface area (Å²) in [6.45, 7) is 14.3. The van der Waals surface area contributed by atoms with Crippen molar-refractivity contribution in [2.75, 3.05) is 6.54 Å². The lowest BCUT2D eigenvalue weighted by Gasteiger charge is -2.36. The van der Waals surface area contributed by atoms with E-state index in [1.807, 2.05) is 26.0 Å². The first-order chi connectivity index (χ1) is 33.8. The Kier molecular flexibility index (Phi) is 19.6. The highest BCUT2D eigenvalue weighted by Crippen LogP contribution is 2.33. The number of nitrogens with one attached hydrogen (secondary N) is 3. The highest BCUT2D eigenvalue weighted by molar-refractivity contribution is 6.01. The minimum Gasteiger partial charge on any atom is -0.267 e. The quantitative estimate of drug-likeness (QED) is 0.102. The largest absolute Gasteiger partial charge is 0.417 e. The highest BCUT2D eigenvalue weighted by Gasteiger charge is 2.39. The van der Waals surface area contributed by atoms with Crippen LogP contribution in [-0.4, -0.2) is 68.1 Å². The van der Waals surface area contributed by atoms with E-state index >= 15 is 0 Å². The van der Waals surface area contributed by atoms with Gasteiger partial charge in [-0.25, -0.2) is 23.8 Å². The maximum atomic E-state index is 13.9. The summed E-state index contributed by atoms with van der Waals surface area (Å²) in [4.78, 5) is 75.0. The molecule has 6 amide bonds. The predicted molar refractivity (Wildman–Crippen MR) is 264 cm³/mol. The van der Waals surface area contributed by atoms with E-state index in [4.69, 9.17) is 0 Å². The van der Waals surface area contributed by atoms with Gasteiger partial charge in [0, 0.05) is 28.8 Å². The summed E-state index contributed by atoms with van der Waals surface area (Å²) in [5.74, 6) is -4.71. The van der Waals surface area contributed by atoms with Crippen molar-refractivity contribution in [2.45, 2.75) is 72.6 Å². The van der Waals surface area contributed by atoms with E-state index in [9.17, 15) is 50.7 Å². The van der Waals surface area contributed by atoms with E-state index < -0.39 is 69.2 Å². The van der Waals surface area contributed by atoms with Gasteiger partial charge in [0.05, 0.1) is 27.8 Å². The first kappa shape index (κ1) is 56.4. The molecule has 6 rings (SSSR count). The molecule has 0 aromatic heterocycles. The topological polar surface area (TPSA) is 148 Å². The van der Waals surface area contributed by atoms with Crippen LogP contribution in [0.2, 0.25) is 0 Å². The highest BCUT2D eigenvalue weighted by atomic mass is 19.4. The van der Waals surface area contributed by atoms with E-state index in [1.54, 1.807) is 151 Å². The molecule has 72 heavy (non-hydrogen) atoms. The van der Waals surface area contributed by atoms with Gasteiger partial charge in [-0.2, -0.15) is 13.2 Å². The molecule has 6 aromatic carbocycles. The molecule has 0 saturated heterocycles. The second kappa shape index (κ2) is 25.1. The molecule has 0 aliphatic rings. The monoisotopic (exact) mass is 992 g/mol. The molecule has 0 spiro atoms. The third-order valence-electron chi connectivity index (χ3n) is 9.95. The average Bonchev–Trinajstić information content (AvgIpc) is 3.35. The molecule has 0 saturated carbocycles. The second-order valence-electron chi connectivity index (χ2n) is 18.4. The molecule has 12 nitrogen and oxygen atoms in total. The van der Waals surface area contributed by atoms with Crippen molar-refractivity contribution in [1.29, 1.82) is 0 Å². The fourth-order valence-electron chi connectivity index (χ4n) is 6.43. The lowest BCUT2D eigenvalue weighted by molar-refractivity contribution is -0.138. The average molecular weight is 993 g/mol. The maximum Gasteiger partial charge on any atom is 0.417 e. The number of rotatable bonds is 8. The molecule has 378 valence electrons. The van der Waals surface area contributed by atoms with E-state index in [0.29, 0.717) is 28.8 Å². The summed E-state index contributed by atoms with van der Waals surface area (Å²) in [6.07, 6.45) is -4.68. The van der Waals surface area contributed by atoms with Crippen LogP contribution in [-0.2, 0) is 6.18 Å². The van der Waals surface area contributed by atoms with Crippen molar-refractivity contribution in [1.82, 2.24) is 31.3 Å². The van der Waals surface area contributed by atoms with Crippen molar-refractivity contribution in [2.24, 2.45) is 5.92 Å². The number of alkyl halides is 3. The Labute approximate surface area is 415 Å². The fraction of sp³-hybridized carbons (Fsp3) is 0.236. The molecule has 0 heterocycles. The molecule has 6 aromatic rings. The number of carbonyl (C=O) groups excluding carboxylic acids is 6. The van der Waals surface area contributed by atoms with Gasteiger partial charge in [0.25, 0.3) is 35.4 Å². The zero-order chi connectivity index (χ0) is 53.4. The second-order valence-corrected chi connectivity index (χ2v) is 18.4.